The van der Waals surface area contributed by atoms with Crippen molar-refractivity contribution >= 4 is 11.9 Å². The Morgan fingerprint density at radius 3 is 3.00 bits per heavy atom. The number of allylic oxidation sites excluding steroid dienone is 2. The number of hydrogen-bond donors (Lipinski definition) is 2. The van der Waals surface area contributed by atoms with Gasteiger partial charge in [0.2, 0.25) is 0 Å². The van der Waals surface area contributed by atoms with Gasteiger partial charge in [0.05, 0.1) is 11.3 Å². The van der Waals surface area contributed by atoms with E-state index in [9.17, 15) is 0 Å². The van der Waals surface area contributed by atoms with Crippen LogP contribution < -0.4 is 10.3 Å². The molecule has 1 aliphatic heterocycles. The molecule has 3 heteroatoms. The Labute approximate surface area is 58.5 Å². The maximum atomic E-state index is 3.13. The van der Waals surface area contributed by atoms with Crippen molar-refractivity contribution in [1.82, 2.24) is 10.3 Å². The van der Waals surface area contributed by atoms with E-state index in [1.54, 1.807) is 11.9 Å². The smallest absolute Gasteiger partial charge is 0.0590 e. The molecule has 0 aromatic carbocycles. The molecule has 2 nitrogen and oxygen atoms in total. The molecule has 1 fully saturated rings. The van der Waals surface area contributed by atoms with Crippen LogP contribution in [0.5, 0.6) is 0 Å². The van der Waals surface area contributed by atoms with Crippen LogP contribution in [-0.4, -0.2) is 11.3 Å². The SMILES string of the molecule is C1=CC2NNSC2C=C1. The zero-order chi connectivity index (χ0) is 6.10. The standard InChI is InChI=1S/C6H8N2S/c1-2-4-6-5(3-1)7-8-9-6/h1-8H. The van der Waals surface area contributed by atoms with E-state index in [2.05, 4.69) is 34.6 Å². The van der Waals surface area contributed by atoms with Crippen LogP contribution in [0.25, 0.3) is 0 Å². The highest BCUT2D eigenvalue weighted by atomic mass is 32.2. The van der Waals surface area contributed by atoms with Crippen molar-refractivity contribution in [2.45, 2.75) is 11.3 Å². The minimum atomic E-state index is 0.500. The Hall–Kier alpha value is -0.250. The first-order chi connectivity index (χ1) is 4.47. The molecule has 1 aliphatic carbocycles. The Balaban J connectivity index is 2.18. The van der Waals surface area contributed by atoms with Crippen LogP contribution in [-0.2, 0) is 0 Å². The van der Waals surface area contributed by atoms with Crippen molar-refractivity contribution in [3.8, 4) is 0 Å². The van der Waals surface area contributed by atoms with Crippen LogP contribution in [0.15, 0.2) is 24.3 Å². The molecule has 1 saturated heterocycles. The summed E-state index contributed by atoms with van der Waals surface area (Å²) in [6.07, 6.45) is 8.52. The van der Waals surface area contributed by atoms with Crippen LogP contribution in [0.1, 0.15) is 0 Å². The number of fused-ring (bicyclic) bond motifs is 1. The monoisotopic (exact) mass is 140 g/mol. The summed E-state index contributed by atoms with van der Waals surface area (Å²) in [5.74, 6) is 0. The summed E-state index contributed by atoms with van der Waals surface area (Å²) < 4.78 is 0. The van der Waals surface area contributed by atoms with Gasteiger partial charge in [0, 0.05) is 0 Å². The summed E-state index contributed by atoms with van der Waals surface area (Å²) in [6.45, 7) is 0. The molecule has 2 rings (SSSR count). The van der Waals surface area contributed by atoms with E-state index in [0.29, 0.717) is 11.3 Å². The van der Waals surface area contributed by atoms with E-state index >= 15 is 0 Å². The van der Waals surface area contributed by atoms with Crippen LogP contribution >= 0.6 is 11.9 Å². The largest absolute Gasteiger partial charge is 0.240 e. The molecule has 0 aromatic heterocycles. The molecular weight excluding hydrogens is 132 g/mol. The van der Waals surface area contributed by atoms with Gasteiger partial charge in [-0.2, -0.15) is 4.83 Å². The second kappa shape index (κ2) is 2.17. The van der Waals surface area contributed by atoms with Gasteiger partial charge in [-0.1, -0.05) is 36.3 Å². The fourth-order valence-electron chi connectivity index (χ4n) is 1.000. The molecule has 2 aliphatic rings. The molecule has 2 unspecified atom stereocenters. The van der Waals surface area contributed by atoms with Gasteiger partial charge in [-0.3, -0.25) is 0 Å². The van der Waals surface area contributed by atoms with Crippen LogP contribution in [0.3, 0.4) is 0 Å². The van der Waals surface area contributed by atoms with Crippen LogP contribution in [0.2, 0.25) is 0 Å². The van der Waals surface area contributed by atoms with Gasteiger partial charge in [0.15, 0.2) is 0 Å². The topological polar surface area (TPSA) is 24.1 Å². The lowest BCUT2D eigenvalue weighted by molar-refractivity contribution is 0.636. The summed E-state index contributed by atoms with van der Waals surface area (Å²) in [7, 11) is 0. The fourth-order valence-corrected chi connectivity index (χ4v) is 1.81. The molecule has 48 valence electrons. The lowest BCUT2D eigenvalue weighted by Crippen LogP contribution is -2.31. The normalized spacial score (nSPS) is 39.1. The van der Waals surface area contributed by atoms with Crippen molar-refractivity contribution in [1.29, 1.82) is 0 Å². The first kappa shape index (κ1) is 5.53. The van der Waals surface area contributed by atoms with E-state index in [4.69, 9.17) is 0 Å². The zero-order valence-electron chi connectivity index (χ0n) is 4.87. The van der Waals surface area contributed by atoms with E-state index < -0.39 is 0 Å². The molecule has 0 aromatic rings. The van der Waals surface area contributed by atoms with Gasteiger partial charge >= 0.3 is 0 Å². The number of hydrazine groups is 1. The maximum Gasteiger partial charge on any atom is 0.0590 e. The van der Waals surface area contributed by atoms with Crippen molar-refractivity contribution < 1.29 is 0 Å². The zero-order valence-corrected chi connectivity index (χ0v) is 5.69. The second-order valence-corrected chi connectivity index (χ2v) is 3.11. The number of rotatable bonds is 0. The van der Waals surface area contributed by atoms with Crippen molar-refractivity contribution in [2.24, 2.45) is 0 Å². The highest BCUT2D eigenvalue weighted by Crippen LogP contribution is 2.21. The summed E-state index contributed by atoms with van der Waals surface area (Å²) >= 11 is 1.73. The van der Waals surface area contributed by atoms with Gasteiger partial charge in [0.1, 0.15) is 0 Å². The summed E-state index contributed by atoms with van der Waals surface area (Å²) in [5.41, 5.74) is 3.13. The molecule has 0 spiro atoms. The minimum Gasteiger partial charge on any atom is -0.240 e. The van der Waals surface area contributed by atoms with Gasteiger partial charge in [0.25, 0.3) is 0 Å². The molecule has 2 atom stereocenters. The molecule has 0 saturated carbocycles. The molecule has 0 radical (unpaired) electrons. The van der Waals surface area contributed by atoms with Crippen molar-refractivity contribution in [3.05, 3.63) is 24.3 Å². The third-order valence-corrected chi connectivity index (χ3v) is 2.46. The Bertz CT molecular complexity index is 146. The maximum absolute atomic E-state index is 3.13. The highest BCUT2D eigenvalue weighted by molar-refractivity contribution is 7.98. The Morgan fingerprint density at radius 1 is 1.22 bits per heavy atom. The van der Waals surface area contributed by atoms with Gasteiger partial charge in [-0.25, -0.2) is 5.43 Å². The lowest BCUT2D eigenvalue weighted by atomic mass is 10.1. The molecule has 9 heavy (non-hydrogen) atoms. The van der Waals surface area contributed by atoms with Crippen LogP contribution in [0, 0.1) is 0 Å². The predicted octanol–water partition coefficient (Wildman–Crippen LogP) is 0.606. The lowest BCUT2D eigenvalue weighted by Gasteiger charge is -2.10. The molecule has 1 heterocycles. The molecule has 0 amide bonds. The molecular formula is C6H8N2S. The van der Waals surface area contributed by atoms with Gasteiger partial charge < -0.3 is 0 Å². The highest BCUT2D eigenvalue weighted by Gasteiger charge is 2.23. The van der Waals surface area contributed by atoms with Gasteiger partial charge in [-0.05, 0) is 0 Å². The summed E-state index contributed by atoms with van der Waals surface area (Å²) in [6, 6.07) is 0.500. The summed E-state index contributed by atoms with van der Waals surface area (Å²) in [5, 5.41) is 0.593. The first-order valence-electron chi connectivity index (χ1n) is 2.98. The fraction of sp³-hybridized carbons (Fsp3) is 0.333. The minimum absolute atomic E-state index is 0.500. The molecule has 0 bridgehead atoms. The number of hydrogen-bond acceptors (Lipinski definition) is 3. The van der Waals surface area contributed by atoms with Gasteiger partial charge in [-0.15, -0.1) is 0 Å². The van der Waals surface area contributed by atoms with E-state index in [1.165, 1.54) is 0 Å². The van der Waals surface area contributed by atoms with Crippen LogP contribution in [0.4, 0.5) is 0 Å². The quantitative estimate of drug-likeness (QED) is 0.482. The second-order valence-electron chi connectivity index (χ2n) is 2.12. The third kappa shape index (κ3) is 0.913. The average molecular weight is 140 g/mol. The molecule has 2 N–H and O–H groups in total. The first-order valence-corrected chi connectivity index (χ1v) is 3.86. The van der Waals surface area contributed by atoms with E-state index in [-0.39, 0.29) is 0 Å². The third-order valence-electron chi connectivity index (χ3n) is 1.50. The Kier molecular flexibility index (Phi) is 1.33. The van der Waals surface area contributed by atoms with E-state index in [0.717, 1.165) is 0 Å². The Morgan fingerprint density at radius 2 is 2.11 bits per heavy atom. The summed E-state index contributed by atoms with van der Waals surface area (Å²) in [4.78, 5) is 3.03. The van der Waals surface area contributed by atoms with E-state index in [1.807, 2.05) is 0 Å². The number of nitrogens with one attached hydrogen (secondary N) is 2. The van der Waals surface area contributed by atoms with Crippen molar-refractivity contribution in [2.75, 3.05) is 0 Å². The van der Waals surface area contributed by atoms with Crippen molar-refractivity contribution in [3.63, 3.8) is 0 Å². The average Bonchev–Trinajstić information content (AvgIpc) is 2.33. The predicted molar refractivity (Wildman–Crippen MR) is 39.7 cm³/mol.